The molecule has 0 unspecified atom stereocenters. The van der Waals surface area contributed by atoms with Crippen molar-refractivity contribution in [3.05, 3.63) is 21.9 Å². The van der Waals surface area contributed by atoms with Gasteiger partial charge in [-0.3, -0.25) is 4.79 Å². The Morgan fingerprint density at radius 3 is 3.00 bits per heavy atom. The van der Waals surface area contributed by atoms with E-state index in [1.165, 1.54) is 9.18 Å². The monoisotopic (exact) mass is 275 g/mol. The van der Waals surface area contributed by atoms with Crippen LogP contribution in [0.25, 0.3) is 0 Å². The first-order chi connectivity index (χ1) is 7.99. The van der Waals surface area contributed by atoms with E-state index >= 15 is 0 Å². The van der Waals surface area contributed by atoms with Crippen LogP contribution in [-0.2, 0) is 27.8 Å². The lowest BCUT2D eigenvalue weighted by molar-refractivity contribution is -0.136. The molecule has 0 amide bonds. The van der Waals surface area contributed by atoms with Crippen LogP contribution in [0.3, 0.4) is 0 Å². The Morgan fingerprint density at radius 1 is 1.53 bits per heavy atom. The summed E-state index contributed by atoms with van der Waals surface area (Å²) in [5.74, 6) is -1.40. The smallest absolute Gasteiger partial charge is 0.304 e. The van der Waals surface area contributed by atoms with E-state index in [-0.39, 0.29) is 12.2 Å². The largest absolute Gasteiger partial charge is 0.481 e. The Labute approximate surface area is 104 Å². The second-order valence-electron chi connectivity index (χ2n) is 3.91. The number of thiophene rings is 1. The Morgan fingerprint density at radius 2 is 2.29 bits per heavy atom. The average Bonchev–Trinajstić information content (AvgIpc) is 2.73. The molecular formula is C10H13NO4S2. The van der Waals surface area contributed by atoms with Crippen molar-refractivity contribution >= 4 is 27.3 Å². The summed E-state index contributed by atoms with van der Waals surface area (Å²) in [5, 5.41) is 10.5. The summed E-state index contributed by atoms with van der Waals surface area (Å²) < 4.78 is 25.2. The van der Waals surface area contributed by atoms with Gasteiger partial charge in [-0.1, -0.05) is 0 Å². The van der Waals surface area contributed by atoms with E-state index in [0.29, 0.717) is 13.1 Å². The van der Waals surface area contributed by atoms with Crippen molar-refractivity contribution in [1.29, 1.82) is 0 Å². The van der Waals surface area contributed by atoms with Crippen LogP contribution >= 0.6 is 11.3 Å². The highest BCUT2D eigenvalue weighted by molar-refractivity contribution is 7.89. The number of nitrogens with zero attached hydrogens (tertiary/aromatic N) is 1. The number of sulfonamides is 1. The number of fused-ring (bicyclic) bond motifs is 1. The maximum absolute atomic E-state index is 11.9. The molecule has 7 heteroatoms. The van der Waals surface area contributed by atoms with Gasteiger partial charge in [0.2, 0.25) is 10.0 Å². The van der Waals surface area contributed by atoms with Crippen molar-refractivity contribution in [2.24, 2.45) is 0 Å². The van der Waals surface area contributed by atoms with Crippen LogP contribution in [0.1, 0.15) is 16.9 Å². The molecule has 17 heavy (non-hydrogen) atoms. The van der Waals surface area contributed by atoms with E-state index < -0.39 is 16.0 Å². The Bertz CT molecular complexity index is 520. The maximum Gasteiger partial charge on any atom is 0.304 e. The van der Waals surface area contributed by atoms with Gasteiger partial charge in [0.05, 0.1) is 12.2 Å². The molecule has 1 aromatic heterocycles. The Kier molecular flexibility index (Phi) is 3.50. The first-order valence-electron chi connectivity index (χ1n) is 5.24. The third-order valence-corrected chi connectivity index (χ3v) is 5.58. The van der Waals surface area contributed by atoms with Crippen molar-refractivity contribution in [3.63, 3.8) is 0 Å². The minimum absolute atomic E-state index is 0.318. The molecule has 0 aromatic carbocycles. The van der Waals surface area contributed by atoms with Gasteiger partial charge < -0.3 is 5.11 Å². The Hall–Kier alpha value is -0.920. The van der Waals surface area contributed by atoms with E-state index in [1.807, 2.05) is 11.4 Å². The predicted octanol–water partition coefficient (Wildman–Crippen LogP) is 0.911. The first-order valence-corrected chi connectivity index (χ1v) is 7.73. The highest BCUT2D eigenvalue weighted by atomic mass is 32.2. The molecule has 2 rings (SSSR count). The molecule has 0 saturated carbocycles. The van der Waals surface area contributed by atoms with Crippen molar-refractivity contribution in [2.45, 2.75) is 19.4 Å². The van der Waals surface area contributed by atoms with Crippen LogP contribution in [0.2, 0.25) is 0 Å². The zero-order valence-corrected chi connectivity index (χ0v) is 10.8. The van der Waals surface area contributed by atoms with E-state index in [9.17, 15) is 13.2 Å². The number of aliphatic carboxylic acids is 1. The lowest BCUT2D eigenvalue weighted by Crippen LogP contribution is -2.37. The molecule has 1 aliphatic heterocycles. The standard InChI is InChI=1S/C10H13NO4S2/c12-10(13)3-6-17(14,15)11-4-1-9-8(7-11)2-5-16-9/h2,5H,1,3-4,6-7H2,(H,12,13). The molecule has 0 radical (unpaired) electrons. The van der Waals surface area contributed by atoms with Gasteiger partial charge in [-0.15, -0.1) is 11.3 Å². The van der Waals surface area contributed by atoms with Crippen molar-refractivity contribution < 1.29 is 18.3 Å². The van der Waals surface area contributed by atoms with Gasteiger partial charge in [-0.05, 0) is 23.4 Å². The minimum Gasteiger partial charge on any atom is -0.481 e. The summed E-state index contributed by atoms with van der Waals surface area (Å²) in [7, 11) is -3.44. The number of rotatable bonds is 4. The van der Waals surface area contributed by atoms with E-state index in [1.54, 1.807) is 11.3 Å². The van der Waals surface area contributed by atoms with E-state index in [4.69, 9.17) is 5.11 Å². The zero-order chi connectivity index (χ0) is 12.5. The molecule has 1 N–H and O–H groups in total. The number of hydrogen-bond donors (Lipinski definition) is 1. The maximum atomic E-state index is 11.9. The van der Waals surface area contributed by atoms with Crippen LogP contribution in [0.5, 0.6) is 0 Å². The van der Waals surface area contributed by atoms with Gasteiger partial charge in [0.15, 0.2) is 0 Å². The van der Waals surface area contributed by atoms with Crippen LogP contribution in [-0.4, -0.2) is 36.1 Å². The summed E-state index contributed by atoms with van der Waals surface area (Å²) in [4.78, 5) is 11.6. The van der Waals surface area contributed by atoms with Crippen LogP contribution in [0.4, 0.5) is 0 Å². The SMILES string of the molecule is O=C(O)CCS(=O)(=O)N1CCc2sccc2C1. The van der Waals surface area contributed by atoms with Crippen molar-refractivity contribution in [3.8, 4) is 0 Å². The summed E-state index contributed by atoms with van der Waals surface area (Å²) in [5.41, 5.74) is 1.04. The van der Waals surface area contributed by atoms with Crippen LogP contribution < -0.4 is 0 Å². The molecule has 94 valence electrons. The first kappa shape index (κ1) is 12.5. The predicted molar refractivity (Wildman–Crippen MR) is 64.5 cm³/mol. The van der Waals surface area contributed by atoms with Gasteiger partial charge >= 0.3 is 5.97 Å². The van der Waals surface area contributed by atoms with Gasteiger partial charge in [0, 0.05) is 18.0 Å². The summed E-state index contributed by atoms with van der Waals surface area (Å²) >= 11 is 1.64. The number of hydrogen-bond acceptors (Lipinski definition) is 4. The second kappa shape index (κ2) is 4.75. The molecule has 0 atom stereocenters. The molecular weight excluding hydrogens is 262 g/mol. The lowest BCUT2D eigenvalue weighted by Gasteiger charge is -2.25. The number of carboxylic acids is 1. The molecule has 2 heterocycles. The van der Waals surface area contributed by atoms with Gasteiger partial charge in [0.1, 0.15) is 0 Å². The average molecular weight is 275 g/mol. The van der Waals surface area contributed by atoms with Gasteiger partial charge in [-0.25, -0.2) is 8.42 Å². The normalized spacial score (nSPS) is 16.7. The number of carboxylic acid groups (broad SMARTS) is 1. The molecule has 0 spiro atoms. The van der Waals surface area contributed by atoms with Crippen molar-refractivity contribution in [2.75, 3.05) is 12.3 Å². The number of carbonyl (C=O) groups is 1. The molecule has 0 saturated heterocycles. The fourth-order valence-corrected chi connectivity index (χ4v) is 4.09. The van der Waals surface area contributed by atoms with Crippen LogP contribution in [0.15, 0.2) is 11.4 Å². The summed E-state index contributed by atoms with van der Waals surface area (Å²) in [6.45, 7) is 0.830. The molecule has 0 fully saturated rings. The van der Waals surface area contributed by atoms with Crippen LogP contribution in [0, 0.1) is 0 Å². The molecule has 5 nitrogen and oxygen atoms in total. The third kappa shape index (κ3) is 2.85. The fraction of sp³-hybridized carbons (Fsp3) is 0.500. The third-order valence-electron chi connectivity index (χ3n) is 2.74. The van der Waals surface area contributed by atoms with Gasteiger partial charge in [0.25, 0.3) is 0 Å². The molecule has 0 aliphatic carbocycles. The molecule has 1 aliphatic rings. The van der Waals surface area contributed by atoms with E-state index in [0.717, 1.165) is 12.0 Å². The lowest BCUT2D eigenvalue weighted by atomic mass is 10.1. The fourth-order valence-electron chi connectivity index (χ4n) is 1.81. The Balaban J connectivity index is 2.07. The summed E-state index contributed by atoms with van der Waals surface area (Å²) in [6, 6.07) is 1.93. The van der Waals surface area contributed by atoms with Crippen molar-refractivity contribution in [1.82, 2.24) is 4.31 Å². The summed E-state index contributed by atoms with van der Waals surface area (Å²) in [6.07, 6.45) is 0.384. The highest BCUT2D eigenvalue weighted by Crippen LogP contribution is 2.25. The highest BCUT2D eigenvalue weighted by Gasteiger charge is 2.27. The second-order valence-corrected chi connectivity index (χ2v) is 7.00. The zero-order valence-electron chi connectivity index (χ0n) is 9.13. The minimum atomic E-state index is -3.44. The quantitative estimate of drug-likeness (QED) is 0.886. The topological polar surface area (TPSA) is 74.7 Å². The molecule has 0 bridgehead atoms. The van der Waals surface area contributed by atoms with Gasteiger partial charge in [-0.2, -0.15) is 4.31 Å². The van der Waals surface area contributed by atoms with E-state index in [2.05, 4.69) is 0 Å². The molecule has 1 aromatic rings.